The molecule has 2 saturated carbocycles. The van der Waals surface area contributed by atoms with E-state index in [1.165, 1.54) is 89.3 Å². The van der Waals surface area contributed by atoms with Crippen molar-refractivity contribution < 1.29 is 13.2 Å². The van der Waals surface area contributed by atoms with Crippen LogP contribution in [-0.2, 0) is 0 Å². The van der Waals surface area contributed by atoms with E-state index in [0.717, 1.165) is 59.8 Å². The molecule has 0 spiro atoms. The summed E-state index contributed by atoms with van der Waals surface area (Å²) in [6.07, 6.45) is 23.4. The maximum absolute atomic E-state index is 14.6. The van der Waals surface area contributed by atoms with Crippen LogP contribution < -0.4 is 0 Å². The van der Waals surface area contributed by atoms with Gasteiger partial charge in [-0.25, -0.2) is 18.7 Å². The van der Waals surface area contributed by atoms with E-state index in [4.69, 9.17) is 11.6 Å². The number of benzene rings is 2. The van der Waals surface area contributed by atoms with Crippen LogP contribution in [0.2, 0.25) is 5.15 Å². The Balaban J connectivity index is 0.000000200. The molecule has 0 bridgehead atoms. The SMILES string of the molecule is CCC1CCC(c2ccc(-c3ccc(Cl)nc3)cc2F)CC1.CCCCCCCCC1CCC(c2ccc(-c3ccc(F)nc3)c(F)c2)CC1. The summed E-state index contributed by atoms with van der Waals surface area (Å²) in [7, 11) is 0. The molecule has 2 aliphatic rings. The second-order valence-electron chi connectivity index (χ2n) is 14.6. The van der Waals surface area contributed by atoms with Gasteiger partial charge in [0.05, 0.1) is 0 Å². The van der Waals surface area contributed by atoms with Gasteiger partial charge in [-0.2, -0.15) is 4.39 Å². The van der Waals surface area contributed by atoms with Crippen molar-refractivity contribution in [3.63, 3.8) is 0 Å². The summed E-state index contributed by atoms with van der Waals surface area (Å²) in [5.74, 6) is 1.66. The van der Waals surface area contributed by atoms with Crippen molar-refractivity contribution in [1.82, 2.24) is 9.97 Å². The Morgan fingerprint density at radius 2 is 1.26 bits per heavy atom. The van der Waals surface area contributed by atoms with E-state index in [0.29, 0.717) is 28.1 Å². The molecule has 2 aromatic heterocycles. The number of halogens is 4. The van der Waals surface area contributed by atoms with Gasteiger partial charge in [-0.05, 0) is 128 Å². The minimum atomic E-state index is -0.543. The summed E-state index contributed by atoms with van der Waals surface area (Å²) >= 11 is 5.80. The summed E-state index contributed by atoms with van der Waals surface area (Å²) in [5.41, 5.74) is 4.84. The van der Waals surface area contributed by atoms with E-state index in [-0.39, 0.29) is 11.6 Å². The van der Waals surface area contributed by atoms with E-state index < -0.39 is 5.95 Å². The summed E-state index contributed by atoms with van der Waals surface area (Å²) in [6.45, 7) is 4.51. The largest absolute Gasteiger partial charge is 0.244 e. The van der Waals surface area contributed by atoms with Crippen LogP contribution in [-0.4, -0.2) is 9.97 Å². The van der Waals surface area contributed by atoms with Crippen molar-refractivity contribution in [3.8, 4) is 22.3 Å². The number of pyridine rings is 2. The third-order valence-electron chi connectivity index (χ3n) is 11.2. The lowest BCUT2D eigenvalue weighted by Crippen LogP contribution is -2.13. The zero-order valence-electron chi connectivity index (χ0n) is 30.0. The van der Waals surface area contributed by atoms with Crippen molar-refractivity contribution in [3.05, 3.63) is 107 Å². The van der Waals surface area contributed by atoms with Gasteiger partial charge in [-0.3, -0.25) is 0 Å². The third-order valence-corrected chi connectivity index (χ3v) is 11.5. The van der Waals surface area contributed by atoms with Gasteiger partial charge in [-0.15, -0.1) is 0 Å². The van der Waals surface area contributed by atoms with Crippen LogP contribution in [0, 0.1) is 29.4 Å². The van der Waals surface area contributed by atoms with Gasteiger partial charge in [-0.1, -0.05) is 101 Å². The molecule has 6 rings (SSSR count). The molecule has 0 saturated heterocycles. The van der Waals surface area contributed by atoms with Gasteiger partial charge in [0, 0.05) is 29.1 Å². The van der Waals surface area contributed by atoms with Crippen LogP contribution in [0.4, 0.5) is 13.2 Å². The van der Waals surface area contributed by atoms with Gasteiger partial charge < -0.3 is 0 Å². The molecule has 268 valence electrons. The molecule has 0 unspecified atom stereocenters. The van der Waals surface area contributed by atoms with E-state index in [2.05, 4.69) is 23.8 Å². The number of hydrogen-bond donors (Lipinski definition) is 0. The average Bonchev–Trinajstić information content (AvgIpc) is 3.14. The molecular weight excluding hydrogens is 649 g/mol. The monoisotopic (exact) mass is 702 g/mol. The zero-order valence-corrected chi connectivity index (χ0v) is 30.7. The Labute approximate surface area is 303 Å². The van der Waals surface area contributed by atoms with Crippen molar-refractivity contribution in [2.75, 3.05) is 0 Å². The lowest BCUT2D eigenvalue weighted by molar-refractivity contribution is 0.301. The molecule has 0 atom stereocenters. The lowest BCUT2D eigenvalue weighted by Gasteiger charge is -2.29. The molecule has 6 heteroatoms. The van der Waals surface area contributed by atoms with Crippen molar-refractivity contribution in [2.45, 2.75) is 128 Å². The maximum atomic E-state index is 14.6. The minimum absolute atomic E-state index is 0.0904. The molecule has 0 aliphatic heterocycles. The van der Waals surface area contributed by atoms with E-state index in [1.807, 2.05) is 30.3 Å². The first-order valence-corrected chi connectivity index (χ1v) is 19.5. The fourth-order valence-corrected chi connectivity index (χ4v) is 8.13. The molecule has 2 nitrogen and oxygen atoms in total. The highest BCUT2D eigenvalue weighted by molar-refractivity contribution is 6.29. The third kappa shape index (κ3) is 10.9. The first kappa shape index (κ1) is 38.1. The molecule has 2 fully saturated rings. The highest BCUT2D eigenvalue weighted by atomic mass is 35.5. The Bertz CT molecular complexity index is 1590. The molecule has 0 amide bonds. The zero-order chi connectivity index (χ0) is 35.3. The van der Waals surface area contributed by atoms with Gasteiger partial charge in [0.1, 0.15) is 16.8 Å². The molecule has 0 N–H and O–H groups in total. The Morgan fingerprint density at radius 1 is 0.600 bits per heavy atom. The van der Waals surface area contributed by atoms with E-state index in [9.17, 15) is 13.2 Å². The summed E-state index contributed by atoms with van der Waals surface area (Å²) in [5, 5.41) is 0.452. The van der Waals surface area contributed by atoms with Crippen LogP contribution >= 0.6 is 11.6 Å². The molecule has 2 aromatic carbocycles. The summed E-state index contributed by atoms with van der Waals surface area (Å²) in [4.78, 5) is 7.69. The number of unbranched alkanes of at least 4 members (excludes halogenated alkanes) is 5. The maximum Gasteiger partial charge on any atom is 0.212 e. The van der Waals surface area contributed by atoms with Gasteiger partial charge >= 0.3 is 0 Å². The molecule has 2 heterocycles. The van der Waals surface area contributed by atoms with Gasteiger partial charge in [0.25, 0.3) is 0 Å². The Hall–Kier alpha value is -3.18. The Kier molecular flexibility index (Phi) is 14.8. The topological polar surface area (TPSA) is 25.8 Å². The van der Waals surface area contributed by atoms with Crippen LogP contribution in [0.25, 0.3) is 22.3 Å². The normalized spacial score (nSPS) is 20.6. The van der Waals surface area contributed by atoms with Crippen molar-refractivity contribution in [1.29, 1.82) is 0 Å². The van der Waals surface area contributed by atoms with Crippen LogP contribution in [0.1, 0.15) is 140 Å². The predicted molar refractivity (Wildman–Crippen MR) is 202 cm³/mol. The molecule has 4 aromatic rings. The highest BCUT2D eigenvalue weighted by Crippen LogP contribution is 2.40. The first-order chi connectivity index (χ1) is 24.3. The van der Waals surface area contributed by atoms with Crippen molar-refractivity contribution in [2.24, 2.45) is 11.8 Å². The van der Waals surface area contributed by atoms with Crippen LogP contribution in [0.15, 0.2) is 73.1 Å². The predicted octanol–water partition coefficient (Wildman–Crippen LogP) is 14.3. The number of aromatic nitrogens is 2. The molecule has 0 radical (unpaired) electrons. The fourth-order valence-electron chi connectivity index (χ4n) is 8.02. The molecule has 50 heavy (non-hydrogen) atoms. The quantitative estimate of drug-likeness (QED) is 0.108. The smallest absolute Gasteiger partial charge is 0.212 e. The lowest BCUT2D eigenvalue weighted by atomic mass is 9.77. The average molecular weight is 703 g/mol. The second kappa shape index (κ2) is 19.4. The number of rotatable bonds is 12. The highest BCUT2D eigenvalue weighted by Gasteiger charge is 2.24. The minimum Gasteiger partial charge on any atom is -0.244 e. The number of hydrogen-bond acceptors (Lipinski definition) is 2. The second-order valence-corrected chi connectivity index (χ2v) is 15.0. The number of nitrogens with zero attached hydrogens (tertiary/aromatic N) is 2. The molecular formula is C44H54ClF3N2. The fraction of sp³-hybridized carbons (Fsp3) is 0.500. The summed E-state index contributed by atoms with van der Waals surface area (Å²) in [6, 6.07) is 17.6. The molecule has 2 aliphatic carbocycles. The van der Waals surface area contributed by atoms with Crippen LogP contribution in [0.5, 0.6) is 0 Å². The van der Waals surface area contributed by atoms with E-state index in [1.54, 1.807) is 30.5 Å². The van der Waals surface area contributed by atoms with E-state index >= 15 is 0 Å². The summed E-state index contributed by atoms with van der Waals surface area (Å²) < 4.78 is 42.2. The van der Waals surface area contributed by atoms with Gasteiger partial charge in [0.2, 0.25) is 5.95 Å². The van der Waals surface area contributed by atoms with Crippen LogP contribution in [0.3, 0.4) is 0 Å². The van der Waals surface area contributed by atoms with Crippen molar-refractivity contribution >= 4 is 11.6 Å². The standard InChI is InChI=1S/C25H33F2N.C19H21ClFN/c1-2-3-4-5-6-7-8-19-9-11-20(12-10-19)21-13-15-23(24(26)17-21)22-14-16-25(27)28-18-22;1-2-13-3-5-14(6-4-13)17-9-7-15(11-18(17)21)16-8-10-19(20)22-12-16/h13-20H,2-12H2,1H3;7-14H,2-6H2,1H3. The Morgan fingerprint density at radius 3 is 1.90 bits per heavy atom. The van der Waals surface area contributed by atoms with Gasteiger partial charge in [0.15, 0.2) is 0 Å². The first-order valence-electron chi connectivity index (χ1n) is 19.2.